The Kier molecular flexibility index (Phi) is 8.07. The number of nitrogens with one attached hydrogen (secondary N) is 1. The molecule has 3 aromatic carbocycles. The van der Waals surface area contributed by atoms with E-state index in [1.54, 1.807) is 19.2 Å². The van der Waals surface area contributed by atoms with Gasteiger partial charge in [-0.1, -0.05) is 72.8 Å². The van der Waals surface area contributed by atoms with Crippen LogP contribution in [0.2, 0.25) is 0 Å². The summed E-state index contributed by atoms with van der Waals surface area (Å²) in [7, 11) is 1.65. The maximum Gasteiger partial charge on any atom is 0.416 e. The Balaban J connectivity index is 1.52. The number of likely N-dealkylation sites (N-methyl/N-ethyl adjacent to an activating group) is 1. The van der Waals surface area contributed by atoms with Crippen LogP contribution < -0.4 is 5.32 Å². The molecule has 2 heterocycles. The largest absolute Gasteiger partial charge is 0.416 e. The molecule has 2 atom stereocenters. The molecule has 208 valence electrons. The van der Waals surface area contributed by atoms with E-state index in [0.29, 0.717) is 25.9 Å². The number of nitrogens with zero attached hydrogens (tertiary/aromatic N) is 3. The molecule has 5 nitrogen and oxygen atoms in total. The Morgan fingerprint density at radius 1 is 0.975 bits per heavy atom. The van der Waals surface area contributed by atoms with Crippen molar-refractivity contribution in [1.82, 2.24) is 20.0 Å². The lowest BCUT2D eigenvalue weighted by Crippen LogP contribution is -2.45. The molecule has 0 saturated carbocycles. The minimum absolute atomic E-state index is 0.0940. The van der Waals surface area contributed by atoms with Crippen LogP contribution in [0.1, 0.15) is 57.7 Å². The summed E-state index contributed by atoms with van der Waals surface area (Å²) in [6.45, 7) is 3.31. The summed E-state index contributed by atoms with van der Waals surface area (Å²) in [6, 6.07) is 24.6. The predicted molar refractivity (Wildman–Crippen MR) is 149 cm³/mol. The quantitative estimate of drug-likeness (QED) is 0.283. The second kappa shape index (κ2) is 11.7. The van der Waals surface area contributed by atoms with Gasteiger partial charge >= 0.3 is 6.18 Å². The summed E-state index contributed by atoms with van der Waals surface area (Å²) < 4.78 is 41.4. The smallest absolute Gasteiger partial charge is 0.358 e. The third-order valence-electron chi connectivity index (χ3n) is 7.73. The number of benzene rings is 3. The van der Waals surface area contributed by atoms with Crippen LogP contribution in [0.4, 0.5) is 13.2 Å². The number of amides is 1. The first-order valence-corrected chi connectivity index (χ1v) is 13.5. The van der Waals surface area contributed by atoms with E-state index in [0.717, 1.165) is 52.2 Å². The van der Waals surface area contributed by atoms with E-state index >= 15 is 0 Å². The van der Waals surface area contributed by atoms with Gasteiger partial charge in [-0.05, 0) is 48.6 Å². The van der Waals surface area contributed by atoms with E-state index in [2.05, 4.69) is 27.0 Å². The summed E-state index contributed by atoms with van der Waals surface area (Å²) in [4.78, 5) is 15.6. The van der Waals surface area contributed by atoms with Crippen LogP contribution in [-0.2, 0) is 30.4 Å². The van der Waals surface area contributed by atoms with Crippen LogP contribution >= 0.6 is 0 Å². The molecule has 0 fully saturated rings. The van der Waals surface area contributed by atoms with Gasteiger partial charge in [0, 0.05) is 37.3 Å². The molecule has 0 radical (unpaired) electrons. The van der Waals surface area contributed by atoms with Crippen molar-refractivity contribution in [3.8, 4) is 0 Å². The molecule has 0 bridgehead atoms. The van der Waals surface area contributed by atoms with Gasteiger partial charge in [0.05, 0.1) is 17.8 Å². The van der Waals surface area contributed by atoms with Crippen LogP contribution in [0.5, 0.6) is 0 Å². The lowest BCUT2D eigenvalue weighted by Gasteiger charge is -2.41. The molecular weight excluding hydrogens is 513 g/mol. The second-order valence-electron chi connectivity index (χ2n) is 10.3. The van der Waals surface area contributed by atoms with Crippen molar-refractivity contribution in [2.45, 2.75) is 51.0 Å². The molecule has 5 rings (SSSR count). The fraction of sp³-hybridized carbons (Fsp3) is 0.312. The molecule has 1 aliphatic heterocycles. The summed E-state index contributed by atoms with van der Waals surface area (Å²) in [5.74, 6) is -0.0940. The molecular formula is C32H33F3N4O. The predicted octanol–water partition coefficient (Wildman–Crippen LogP) is 6.28. The molecule has 1 aliphatic rings. The van der Waals surface area contributed by atoms with Crippen molar-refractivity contribution in [2.24, 2.45) is 0 Å². The van der Waals surface area contributed by atoms with E-state index in [4.69, 9.17) is 5.10 Å². The van der Waals surface area contributed by atoms with Crippen molar-refractivity contribution >= 4 is 5.91 Å². The molecule has 2 unspecified atom stereocenters. The highest BCUT2D eigenvalue weighted by Gasteiger charge is 2.39. The number of aromatic nitrogens is 2. The molecule has 4 aromatic rings. The van der Waals surface area contributed by atoms with Crippen LogP contribution in [0.25, 0.3) is 0 Å². The Hall–Kier alpha value is -3.91. The SMILES string of the molecule is CNC(=O)C(c1ccccc1)N1CCc2c(c(C)nn2Cc2ccccc2)C1CCc1ccc(C(F)(F)F)cc1. The average Bonchev–Trinajstić information content (AvgIpc) is 3.28. The molecule has 8 heteroatoms. The number of hydrogen-bond acceptors (Lipinski definition) is 3. The van der Waals surface area contributed by atoms with Crippen molar-refractivity contribution in [1.29, 1.82) is 0 Å². The highest BCUT2D eigenvalue weighted by molar-refractivity contribution is 5.83. The third kappa shape index (κ3) is 5.82. The molecule has 0 saturated heterocycles. The number of hydrogen-bond donors (Lipinski definition) is 1. The van der Waals surface area contributed by atoms with Crippen LogP contribution in [0.3, 0.4) is 0 Å². The first-order valence-electron chi connectivity index (χ1n) is 13.5. The average molecular weight is 547 g/mol. The minimum atomic E-state index is -4.37. The Morgan fingerprint density at radius 3 is 2.25 bits per heavy atom. The van der Waals surface area contributed by atoms with Gasteiger partial charge in [-0.25, -0.2) is 0 Å². The van der Waals surface area contributed by atoms with Gasteiger partial charge in [-0.2, -0.15) is 18.3 Å². The zero-order valence-corrected chi connectivity index (χ0v) is 22.7. The number of fused-ring (bicyclic) bond motifs is 1. The highest BCUT2D eigenvalue weighted by atomic mass is 19.4. The highest BCUT2D eigenvalue weighted by Crippen LogP contribution is 2.41. The standard InChI is InChI=1S/C32H33F3N4O/c1-22-29-27(18-15-23-13-16-26(17-14-23)32(33,34)35)38(30(31(40)36-2)25-11-7-4-8-12-25)20-19-28(29)39(37-22)21-24-9-5-3-6-10-24/h3-14,16-17,27,30H,15,18-21H2,1-2H3,(H,36,40). The van der Waals surface area contributed by atoms with Crippen molar-refractivity contribution in [3.05, 3.63) is 124 Å². The number of aryl methyl sites for hydroxylation is 2. The summed E-state index contributed by atoms with van der Waals surface area (Å²) in [6.07, 6.45) is -2.43. The van der Waals surface area contributed by atoms with Crippen molar-refractivity contribution < 1.29 is 18.0 Å². The molecule has 1 N–H and O–H groups in total. The van der Waals surface area contributed by atoms with E-state index < -0.39 is 17.8 Å². The molecule has 0 spiro atoms. The van der Waals surface area contributed by atoms with E-state index in [9.17, 15) is 18.0 Å². The van der Waals surface area contributed by atoms with Crippen molar-refractivity contribution in [2.75, 3.05) is 13.6 Å². The van der Waals surface area contributed by atoms with Gasteiger partial charge in [-0.3, -0.25) is 14.4 Å². The van der Waals surface area contributed by atoms with Gasteiger partial charge in [0.2, 0.25) is 5.91 Å². The van der Waals surface area contributed by atoms with Crippen LogP contribution in [0.15, 0.2) is 84.9 Å². The monoisotopic (exact) mass is 546 g/mol. The Labute approximate surface area is 232 Å². The van der Waals surface area contributed by atoms with E-state index in [1.165, 1.54) is 0 Å². The molecule has 1 amide bonds. The zero-order valence-electron chi connectivity index (χ0n) is 22.7. The zero-order chi connectivity index (χ0) is 28.3. The van der Waals surface area contributed by atoms with Gasteiger partial charge < -0.3 is 5.32 Å². The summed E-state index contributed by atoms with van der Waals surface area (Å²) in [5.41, 5.74) is 5.41. The Morgan fingerprint density at radius 2 is 1.62 bits per heavy atom. The van der Waals surface area contributed by atoms with Gasteiger partial charge in [0.1, 0.15) is 6.04 Å². The molecule has 40 heavy (non-hydrogen) atoms. The van der Waals surface area contributed by atoms with Crippen LogP contribution in [0, 0.1) is 6.92 Å². The lowest BCUT2D eigenvalue weighted by molar-refractivity contribution is -0.137. The number of carbonyl (C=O) groups excluding carboxylic acids is 1. The van der Waals surface area contributed by atoms with Crippen LogP contribution in [-0.4, -0.2) is 34.2 Å². The number of carbonyl (C=O) groups is 1. The third-order valence-corrected chi connectivity index (χ3v) is 7.73. The number of rotatable bonds is 8. The van der Waals surface area contributed by atoms with Gasteiger partial charge in [0.15, 0.2) is 0 Å². The van der Waals surface area contributed by atoms with Gasteiger partial charge in [-0.15, -0.1) is 0 Å². The fourth-order valence-electron chi connectivity index (χ4n) is 5.83. The maximum atomic E-state index is 13.3. The van der Waals surface area contributed by atoms with E-state index in [-0.39, 0.29) is 11.9 Å². The summed E-state index contributed by atoms with van der Waals surface area (Å²) >= 11 is 0. The fourth-order valence-corrected chi connectivity index (χ4v) is 5.83. The first-order chi connectivity index (χ1) is 19.3. The summed E-state index contributed by atoms with van der Waals surface area (Å²) in [5, 5.41) is 7.77. The minimum Gasteiger partial charge on any atom is -0.358 e. The van der Waals surface area contributed by atoms with E-state index in [1.807, 2.05) is 55.5 Å². The van der Waals surface area contributed by atoms with Crippen molar-refractivity contribution in [3.63, 3.8) is 0 Å². The topological polar surface area (TPSA) is 50.2 Å². The maximum absolute atomic E-state index is 13.3. The Bertz CT molecular complexity index is 1430. The molecule has 0 aliphatic carbocycles. The second-order valence-corrected chi connectivity index (χ2v) is 10.3. The number of halogens is 3. The molecule has 1 aromatic heterocycles. The normalized spacial score (nSPS) is 16.4. The van der Waals surface area contributed by atoms with Gasteiger partial charge in [0.25, 0.3) is 0 Å². The first kappa shape index (κ1) is 27.6. The lowest BCUT2D eigenvalue weighted by atomic mass is 9.88. The number of alkyl halides is 3.